The van der Waals surface area contributed by atoms with Crippen molar-refractivity contribution in [2.24, 2.45) is 0 Å². The predicted molar refractivity (Wildman–Crippen MR) is 105 cm³/mol. The lowest BCUT2D eigenvalue weighted by atomic mass is 10.0. The first kappa shape index (κ1) is 20.2. The van der Waals surface area contributed by atoms with Crippen molar-refractivity contribution in [3.63, 3.8) is 0 Å². The van der Waals surface area contributed by atoms with Crippen molar-refractivity contribution in [3.8, 4) is 11.8 Å². The highest BCUT2D eigenvalue weighted by Gasteiger charge is 2.38. The van der Waals surface area contributed by atoms with E-state index in [2.05, 4.69) is 27.5 Å². The molecule has 9 heteroatoms. The van der Waals surface area contributed by atoms with Gasteiger partial charge in [-0.3, -0.25) is 24.5 Å². The Morgan fingerprint density at radius 1 is 1.26 bits per heavy atom. The summed E-state index contributed by atoms with van der Waals surface area (Å²) in [5.74, 6) is 2.89. The molecule has 4 amide bonds. The molecule has 4 rings (SSSR count). The maximum absolute atomic E-state index is 12.8. The molecule has 0 aliphatic carbocycles. The van der Waals surface area contributed by atoms with Crippen LogP contribution in [0.1, 0.15) is 40.0 Å². The minimum absolute atomic E-state index is 0.197. The first-order valence-corrected chi connectivity index (χ1v) is 9.58. The molecule has 1 aromatic carbocycles. The van der Waals surface area contributed by atoms with Crippen LogP contribution in [0.5, 0.6) is 0 Å². The number of imide groups is 1. The highest BCUT2D eigenvalue weighted by Crippen LogP contribution is 2.28. The third kappa shape index (κ3) is 4.43. The first-order valence-electron chi connectivity index (χ1n) is 9.58. The van der Waals surface area contributed by atoms with Gasteiger partial charge in [0, 0.05) is 31.0 Å². The Kier molecular flexibility index (Phi) is 5.45. The number of carbonyl (C=O) groups excluding carboxylic acids is 4. The monoisotopic (exact) mass is 420 g/mol. The van der Waals surface area contributed by atoms with Crippen LogP contribution >= 0.6 is 0 Å². The number of hydrogen-bond acceptors (Lipinski definition) is 5. The largest absolute Gasteiger partial charge is 0.341 e. The predicted octanol–water partition coefficient (Wildman–Crippen LogP) is 0.650. The molecule has 2 N–H and O–H groups in total. The summed E-state index contributed by atoms with van der Waals surface area (Å²) < 4.78 is 12.8. The van der Waals surface area contributed by atoms with E-state index in [1.165, 1.54) is 17.0 Å². The lowest BCUT2D eigenvalue weighted by Gasteiger charge is -2.29. The van der Waals surface area contributed by atoms with Crippen LogP contribution in [0.25, 0.3) is 0 Å². The van der Waals surface area contributed by atoms with Crippen LogP contribution in [0.2, 0.25) is 0 Å². The Morgan fingerprint density at radius 2 is 2.10 bits per heavy atom. The number of carbonyl (C=O) groups is 4. The van der Waals surface area contributed by atoms with Crippen LogP contribution < -0.4 is 10.6 Å². The van der Waals surface area contributed by atoms with Gasteiger partial charge >= 0.3 is 0 Å². The molecule has 0 saturated carbocycles. The average molecular weight is 420 g/mol. The molecule has 156 valence electrons. The summed E-state index contributed by atoms with van der Waals surface area (Å²) in [4.78, 5) is 53.3. The second-order valence-corrected chi connectivity index (χ2v) is 7.19. The number of halogens is 1. The van der Waals surface area contributed by atoms with E-state index in [0.29, 0.717) is 12.0 Å². The number of rotatable bonds is 3. The van der Waals surface area contributed by atoms with Gasteiger partial charge in [-0.25, -0.2) is 9.37 Å². The minimum atomic E-state index is -0.670. The van der Waals surface area contributed by atoms with E-state index in [9.17, 15) is 23.6 Å². The maximum Gasteiger partial charge on any atom is 0.296 e. The minimum Gasteiger partial charge on any atom is -0.341 e. The standard InChI is InChI=1S/C22H17FN4O4/c23-15-2-3-16(24-11-15)4-7-19(28)25-10-13-1-5-17-14(9-13)12-27(22(17)31)18-6-8-20(29)26-21(18)30/h1-3,5,9,11,18H,6,8,10,12H2,(H,25,28)(H,26,29,30). The van der Waals surface area contributed by atoms with E-state index in [1.54, 1.807) is 18.2 Å². The van der Waals surface area contributed by atoms with Gasteiger partial charge in [-0.2, -0.15) is 0 Å². The molecule has 1 atom stereocenters. The summed E-state index contributed by atoms with van der Waals surface area (Å²) in [6.45, 7) is 0.461. The zero-order valence-electron chi connectivity index (χ0n) is 16.3. The molecule has 1 unspecified atom stereocenters. The fourth-order valence-electron chi connectivity index (χ4n) is 3.53. The zero-order valence-corrected chi connectivity index (χ0v) is 16.3. The van der Waals surface area contributed by atoms with Gasteiger partial charge in [-0.1, -0.05) is 12.1 Å². The second kappa shape index (κ2) is 8.36. The van der Waals surface area contributed by atoms with Crippen molar-refractivity contribution in [3.05, 3.63) is 64.7 Å². The summed E-state index contributed by atoms with van der Waals surface area (Å²) in [5.41, 5.74) is 2.30. The van der Waals surface area contributed by atoms with Gasteiger partial charge in [0.05, 0.1) is 6.20 Å². The van der Waals surface area contributed by atoms with Crippen LogP contribution in [0, 0.1) is 17.7 Å². The number of pyridine rings is 1. The highest BCUT2D eigenvalue weighted by atomic mass is 19.1. The average Bonchev–Trinajstić information content (AvgIpc) is 3.07. The van der Waals surface area contributed by atoms with Crippen molar-refractivity contribution < 1.29 is 23.6 Å². The molecule has 1 aromatic heterocycles. The summed E-state index contributed by atoms with van der Waals surface area (Å²) in [6, 6.07) is 7.10. The van der Waals surface area contributed by atoms with E-state index >= 15 is 0 Å². The third-order valence-electron chi connectivity index (χ3n) is 5.07. The fourth-order valence-corrected chi connectivity index (χ4v) is 3.53. The molecule has 1 fully saturated rings. The van der Waals surface area contributed by atoms with Crippen LogP contribution in [0.3, 0.4) is 0 Å². The van der Waals surface area contributed by atoms with Crippen molar-refractivity contribution in [2.75, 3.05) is 0 Å². The number of nitrogens with zero attached hydrogens (tertiary/aromatic N) is 2. The summed E-state index contributed by atoms with van der Waals surface area (Å²) >= 11 is 0. The fraction of sp³-hybridized carbons (Fsp3) is 0.227. The number of nitrogens with one attached hydrogen (secondary N) is 2. The molecule has 0 radical (unpaired) electrons. The van der Waals surface area contributed by atoms with Crippen LogP contribution in [0.15, 0.2) is 36.5 Å². The van der Waals surface area contributed by atoms with Crippen LogP contribution in [0.4, 0.5) is 4.39 Å². The van der Waals surface area contributed by atoms with E-state index in [4.69, 9.17) is 0 Å². The molecule has 2 aromatic rings. The maximum atomic E-state index is 12.8. The normalized spacial score (nSPS) is 17.5. The molecule has 2 aliphatic rings. The molecule has 31 heavy (non-hydrogen) atoms. The lowest BCUT2D eigenvalue weighted by molar-refractivity contribution is -0.137. The van der Waals surface area contributed by atoms with Gasteiger partial charge in [0.1, 0.15) is 17.6 Å². The van der Waals surface area contributed by atoms with E-state index in [1.807, 2.05) is 0 Å². The second-order valence-electron chi connectivity index (χ2n) is 7.19. The van der Waals surface area contributed by atoms with E-state index in [0.717, 1.165) is 17.3 Å². The highest BCUT2D eigenvalue weighted by molar-refractivity contribution is 6.05. The number of hydrogen-bond donors (Lipinski definition) is 2. The summed E-state index contributed by atoms with van der Waals surface area (Å²) in [7, 11) is 0. The lowest BCUT2D eigenvalue weighted by Crippen LogP contribution is -2.52. The summed E-state index contributed by atoms with van der Waals surface area (Å²) in [5, 5.41) is 4.92. The molecule has 0 bridgehead atoms. The summed E-state index contributed by atoms with van der Waals surface area (Å²) in [6.07, 6.45) is 1.52. The van der Waals surface area contributed by atoms with Crippen LogP contribution in [-0.4, -0.2) is 39.6 Å². The van der Waals surface area contributed by atoms with Crippen molar-refractivity contribution >= 4 is 23.6 Å². The first-order chi connectivity index (χ1) is 14.9. The Balaban J connectivity index is 1.38. The van der Waals surface area contributed by atoms with Crippen molar-refractivity contribution in [2.45, 2.75) is 32.0 Å². The molecule has 0 spiro atoms. The topological polar surface area (TPSA) is 108 Å². The van der Waals surface area contributed by atoms with E-state index < -0.39 is 23.7 Å². The zero-order chi connectivity index (χ0) is 22.0. The SMILES string of the molecule is O=C(C#Cc1ccc(F)cn1)NCc1ccc2c(c1)CN(C1CCC(=O)NC1=O)C2=O. The Hall–Kier alpha value is -4.06. The van der Waals surface area contributed by atoms with Crippen LogP contribution in [-0.2, 0) is 27.5 Å². The van der Waals surface area contributed by atoms with Gasteiger partial charge in [0.25, 0.3) is 11.8 Å². The van der Waals surface area contributed by atoms with Gasteiger partial charge in [-0.05, 0) is 41.7 Å². The molecule has 3 heterocycles. The number of fused-ring (bicyclic) bond motifs is 1. The number of benzene rings is 1. The number of aromatic nitrogens is 1. The molecule has 2 aliphatic heterocycles. The van der Waals surface area contributed by atoms with Gasteiger partial charge < -0.3 is 10.2 Å². The smallest absolute Gasteiger partial charge is 0.296 e. The third-order valence-corrected chi connectivity index (χ3v) is 5.07. The van der Waals surface area contributed by atoms with Gasteiger partial charge in [0.15, 0.2) is 0 Å². The Morgan fingerprint density at radius 3 is 2.84 bits per heavy atom. The van der Waals surface area contributed by atoms with Gasteiger partial charge in [0.2, 0.25) is 11.8 Å². The van der Waals surface area contributed by atoms with Crippen molar-refractivity contribution in [1.29, 1.82) is 0 Å². The number of amides is 4. The molecular formula is C22H17FN4O4. The Bertz CT molecular complexity index is 1150. The van der Waals surface area contributed by atoms with E-state index in [-0.39, 0.29) is 37.0 Å². The number of piperidine rings is 1. The molecule has 1 saturated heterocycles. The molecular weight excluding hydrogens is 403 g/mol. The van der Waals surface area contributed by atoms with Crippen molar-refractivity contribution in [1.82, 2.24) is 20.5 Å². The quantitative estimate of drug-likeness (QED) is 0.560. The van der Waals surface area contributed by atoms with Gasteiger partial charge in [-0.15, -0.1) is 0 Å². The molecule has 8 nitrogen and oxygen atoms in total. The Labute approximate surface area is 176 Å².